The van der Waals surface area contributed by atoms with Crippen LogP contribution in [0, 0.1) is 11.3 Å². The molecule has 0 saturated heterocycles. The molecule has 2 aliphatic carbocycles. The summed E-state index contributed by atoms with van der Waals surface area (Å²) in [5.74, 6) is 0.923. The fraction of sp³-hybridized carbons (Fsp3) is 0.619. The van der Waals surface area contributed by atoms with Gasteiger partial charge in [-0.1, -0.05) is 34.1 Å². The Morgan fingerprint density at radius 1 is 1.12 bits per heavy atom. The second-order valence-electron chi connectivity index (χ2n) is 9.50. The minimum absolute atomic E-state index is 0.0642. The van der Waals surface area contributed by atoms with E-state index >= 15 is 0 Å². The van der Waals surface area contributed by atoms with E-state index in [1.54, 1.807) is 6.07 Å². The molecule has 0 spiro atoms. The molecule has 1 aromatic carbocycles. The first-order chi connectivity index (χ1) is 12.2. The molecule has 4 nitrogen and oxygen atoms in total. The van der Waals surface area contributed by atoms with Crippen molar-refractivity contribution in [3.05, 3.63) is 23.4 Å². The molecule has 140 valence electrons. The van der Waals surface area contributed by atoms with Crippen molar-refractivity contribution in [1.82, 2.24) is 4.98 Å². The highest BCUT2D eigenvalue weighted by molar-refractivity contribution is 6.63. The number of H-pyrrole nitrogens is 1. The summed E-state index contributed by atoms with van der Waals surface area (Å²) in [7, 11) is -1.69. The van der Waals surface area contributed by atoms with Crippen LogP contribution >= 0.6 is 0 Å². The number of benzene rings is 1. The summed E-state index contributed by atoms with van der Waals surface area (Å²) < 4.78 is 0. The molecule has 2 aliphatic rings. The Labute approximate surface area is 155 Å². The lowest BCUT2D eigenvalue weighted by Gasteiger charge is -2.51. The highest BCUT2D eigenvalue weighted by atomic mass is 16.4. The van der Waals surface area contributed by atoms with Gasteiger partial charge in [0, 0.05) is 22.1 Å². The highest BCUT2D eigenvalue weighted by Gasteiger charge is 2.50. The highest BCUT2D eigenvalue weighted by Crippen LogP contribution is 2.58. The summed E-state index contributed by atoms with van der Waals surface area (Å²) in [6.45, 7) is 9.49. The van der Waals surface area contributed by atoms with Crippen LogP contribution in [0.5, 0.6) is 5.75 Å². The molecule has 1 heterocycles. The van der Waals surface area contributed by atoms with Crippen molar-refractivity contribution < 1.29 is 15.2 Å². The molecular formula is C21H30BNO3. The fourth-order valence-electron chi connectivity index (χ4n) is 6.23. The Hall–Kier alpha value is -1.46. The number of hydrogen-bond donors (Lipinski definition) is 4. The van der Waals surface area contributed by atoms with E-state index < -0.39 is 7.12 Å². The molecule has 1 aromatic heterocycles. The van der Waals surface area contributed by atoms with Crippen LogP contribution in [0.25, 0.3) is 10.9 Å². The molecule has 1 saturated carbocycles. The average molecular weight is 355 g/mol. The van der Waals surface area contributed by atoms with Crippen LogP contribution in [-0.4, -0.2) is 27.3 Å². The molecule has 3 unspecified atom stereocenters. The first-order valence-electron chi connectivity index (χ1n) is 9.91. The number of nitrogens with one attached hydrogen (secondary N) is 1. The third-order valence-corrected chi connectivity index (χ3v) is 7.46. The van der Waals surface area contributed by atoms with Crippen molar-refractivity contribution in [2.45, 2.75) is 71.1 Å². The minimum atomic E-state index is -1.69. The first-order valence-corrected chi connectivity index (χ1v) is 9.91. The van der Waals surface area contributed by atoms with Gasteiger partial charge in [0.15, 0.2) is 0 Å². The number of fused-ring (bicyclic) bond motifs is 5. The third kappa shape index (κ3) is 2.36. The molecule has 0 aliphatic heterocycles. The lowest BCUT2D eigenvalue weighted by Crippen LogP contribution is -2.44. The Morgan fingerprint density at radius 2 is 1.85 bits per heavy atom. The summed E-state index contributed by atoms with van der Waals surface area (Å²) in [5.41, 5.74) is 3.80. The van der Waals surface area contributed by atoms with E-state index in [4.69, 9.17) is 0 Å². The van der Waals surface area contributed by atoms with Gasteiger partial charge < -0.3 is 20.1 Å². The van der Waals surface area contributed by atoms with Crippen LogP contribution in [0.1, 0.15) is 77.0 Å². The zero-order valence-corrected chi connectivity index (χ0v) is 16.3. The maximum atomic E-state index is 10.2. The van der Waals surface area contributed by atoms with Crippen LogP contribution in [0.4, 0.5) is 0 Å². The van der Waals surface area contributed by atoms with Crippen molar-refractivity contribution in [2.75, 3.05) is 0 Å². The van der Waals surface area contributed by atoms with Crippen molar-refractivity contribution in [3.63, 3.8) is 0 Å². The number of phenols is 1. The van der Waals surface area contributed by atoms with E-state index in [2.05, 4.69) is 32.7 Å². The molecule has 1 fully saturated rings. The molecule has 0 amide bonds. The van der Waals surface area contributed by atoms with Gasteiger partial charge in [0.1, 0.15) is 5.75 Å². The summed E-state index contributed by atoms with van der Waals surface area (Å²) >= 11 is 0. The molecule has 2 aromatic rings. The van der Waals surface area contributed by atoms with Gasteiger partial charge in [-0.2, -0.15) is 0 Å². The Bertz CT molecular complexity index is 857. The number of aromatic nitrogens is 1. The van der Waals surface area contributed by atoms with Crippen LogP contribution in [0.3, 0.4) is 0 Å². The Morgan fingerprint density at radius 3 is 2.54 bits per heavy atom. The number of aromatic amines is 1. The molecule has 0 radical (unpaired) electrons. The number of phenolic OH excluding ortho intramolecular Hbond substituents is 1. The summed E-state index contributed by atoms with van der Waals surface area (Å²) in [4.78, 5) is 3.50. The number of aromatic hydroxyl groups is 1. The zero-order chi connectivity index (χ0) is 18.9. The molecule has 26 heavy (non-hydrogen) atoms. The van der Waals surface area contributed by atoms with E-state index in [0.717, 1.165) is 18.2 Å². The molecule has 4 rings (SSSR count). The number of hydrogen-bond acceptors (Lipinski definition) is 3. The number of rotatable bonds is 1. The minimum Gasteiger partial charge on any atom is -0.508 e. The molecule has 3 atom stereocenters. The summed E-state index contributed by atoms with van der Waals surface area (Å²) in [5, 5.41) is 30.9. The third-order valence-electron chi connectivity index (χ3n) is 7.46. The van der Waals surface area contributed by atoms with E-state index in [-0.39, 0.29) is 16.6 Å². The van der Waals surface area contributed by atoms with Gasteiger partial charge in [-0.05, 0) is 66.0 Å². The standard InChI is InChI=1S/C21H30BNO3/c1-12-6-9-15-20(2,3)10-5-11-21(15,4)16-13-7-8-14(24)17(22(25)26)19(13)23-18(12)16/h7-8,12,15,23-26H,5-6,9-11H2,1-4H3. The SMILES string of the molecule is CC1CCC2C(C)(C)CCCC2(C)c2c1[nH]c1c(B(O)O)c(O)ccc21. The Kier molecular flexibility index (Phi) is 3.98. The quantitative estimate of drug-likeness (QED) is 0.591. The second-order valence-corrected chi connectivity index (χ2v) is 9.50. The second kappa shape index (κ2) is 5.77. The van der Waals surface area contributed by atoms with Gasteiger partial charge >= 0.3 is 7.12 Å². The van der Waals surface area contributed by atoms with E-state index in [0.29, 0.717) is 22.8 Å². The van der Waals surface area contributed by atoms with Crippen molar-refractivity contribution in [3.8, 4) is 5.75 Å². The molecule has 4 N–H and O–H groups in total. The molecule has 0 bridgehead atoms. The fourth-order valence-corrected chi connectivity index (χ4v) is 6.23. The monoisotopic (exact) mass is 355 g/mol. The van der Waals surface area contributed by atoms with Crippen molar-refractivity contribution in [2.24, 2.45) is 11.3 Å². The average Bonchev–Trinajstić information content (AvgIpc) is 2.88. The van der Waals surface area contributed by atoms with Gasteiger partial charge in [-0.25, -0.2) is 0 Å². The maximum Gasteiger partial charge on any atom is 0.494 e. The maximum absolute atomic E-state index is 10.2. The smallest absolute Gasteiger partial charge is 0.494 e. The molecular weight excluding hydrogens is 325 g/mol. The zero-order valence-electron chi connectivity index (χ0n) is 16.3. The van der Waals surface area contributed by atoms with Crippen LogP contribution < -0.4 is 5.46 Å². The van der Waals surface area contributed by atoms with Crippen LogP contribution in [0.15, 0.2) is 12.1 Å². The van der Waals surface area contributed by atoms with Crippen molar-refractivity contribution >= 4 is 23.5 Å². The van der Waals surface area contributed by atoms with Crippen LogP contribution in [0.2, 0.25) is 0 Å². The predicted molar refractivity (Wildman–Crippen MR) is 106 cm³/mol. The van der Waals surface area contributed by atoms with Crippen molar-refractivity contribution in [1.29, 1.82) is 0 Å². The van der Waals surface area contributed by atoms with Gasteiger partial charge in [0.2, 0.25) is 0 Å². The van der Waals surface area contributed by atoms with E-state index in [1.165, 1.54) is 30.5 Å². The van der Waals surface area contributed by atoms with E-state index in [1.807, 2.05) is 6.07 Å². The topological polar surface area (TPSA) is 76.5 Å². The lowest BCUT2D eigenvalue weighted by atomic mass is 9.53. The Balaban J connectivity index is 2.05. The lowest BCUT2D eigenvalue weighted by molar-refractivity contribution is 0.0505. The van der Waals surface area contributed by atoms with E-state index in [9.17, 15) is 15.2 Å². The van der Waals surface area contributed by atoms with Gasteiger partial charge in [-0.15, -0.1) is 0 Å². The summed E-state index contributed by atoms with van der Waals surface area (Å²) in [6.07, 6.45) is 6.00. The van der Waals surface area contributed by atoms with Gasteiger partial charge in [0.25, 0.3) is 0 Å². The largest absolute Gasteiger partial charge is 0.508 e. The predicted octanol–water partition coefficient (Wildman–Crippen LogP) is 3.53. The van der Waals surface area contributed by atoms with Gasteiger partial charge in [-0.3, -0.25) is 0 Å². The summed E-state index contributed by atoms with van der Waals surface area (Å²) in [6, 6.07) is 3.56. The van der Waals surface area contributed by atoms with Crippen LogP contribution in [-0.2, 0) is 5.41 Å². The molecule has 5 heteroatoms. The first kappa shape index (κ1) is 17.9. The normalized spacial score (nSPS) is 30.5. The van der Waals surface area contributed by atoms with Gasteiger partial charge in [0.05, 0.1) is 0 Å².